The molecule has 136 valence electrons. The van der Waals surface area contributed by atoms with E-state index >= 15 is 0 Å². The molecule has 0 unspecified atom stereocenters. The highest BCUT2D eigenvalue weighted by molar-refractivity contribution is 6.05. The van der Waals surface area contributed by atoms with Crippen molar-refractivity contribution >= 4 is 28.9 Å². The van der Waals surface area contributed by atoms with Crippen molar-refractivity contribution in [2.24, 2.45) is 0 Å². The van der Waals surface area contributed by atoms with Crippen LogP contribution in [0.4, 0.5) is 17.1 Å². The summed E-state index contributed by atoms with van der Waals surface area (Å²) < 4.78 is 0. The molecule has 0 saturated heterocycles. The Morgan fingerprint density at radius 3 is 2.22 bits per heavy atom. The number of nitrogens with one attached hydrogen (secondary N) is 2. The summed E-state index contributed by atoms with van der Waals surface area (Å²) in [4.78, 5) is 24.7. The lowest BCUT2D eigenvalue weighted by Gasteiger charge is -2.09. The fraction of sp³-hybridized carbons (Fsp3) is 0.0909. The molecule has 4 N–H and O–H groups in total. The van der Waals surface area contributed by atoms with Crippen molar-refractivity contribution in [1.29, 1.82) is 0 Å². The van der Waals surface area contributed by atoms with Gasteiger partial charge in [0.1, 0.15) is 0 Å². The van der Waals surface area contributed by atoms with Gasteiger partial charge in [-0.3, -0.25) is 9.59 Å². The Hall–Kier alpha value is -3.60. The molecule has 0 aliphatic rings. The fourth-order valence-electron chi connectivity index (χ4n) is 2.69. The summed E-state index contributed by atoms with van der Waals surface area (Å²) in [6, 6.07) is 21.6. The third kappa shape index (κ3) is 5.19. The molecular weight excluding hydrogens is 338 g/mol. The second-order valence-corrected chi connectivity index (χ2v) is 6.37. The van der Waals surface area contributed by atoms with Gasteiger partial charge in [-0.05, 0) is 60.5 Å². The van der Waals surface area contributed by atoms with Crippen molar-refractivity contribution < 1.29 is 9.59 Å². The van der Waals surface area contributed by atoms with E-state index in [1.54, 1.807) is 36.4 Å². The van der Waals surface area contributed by atoms with Crippen LogP contribution in [0, 0.1) is 6.92 Å². The lowest BCUT2D eigenvalue weighted by Crippen LogP contribution is -2.16. The number of nitrogens with two attached hydrogens (primary N) is 1. The molecule has 3 rings (SSSR count). The Kier molecular flexibility index (Phi) is 5.52. The lowest BCUT2D eigenvalue weighted by atomic mass is 10.1. The second-order valence-electron chi connectivity index (χ2n) is 6.37. The van der Waals surface area contributed by atoms with Crippen LogP contribution < -0.4 is 16.4 Å². The summed E-state index contributed by atoms with van der Waals surface area (Å²) in [5, 5.41) is 5.68. The van der Waals surface area contributed by atoms with Crippen molar-refractivity contribution in [1.82, 2.24) is 0 Å². The van der Waals surface area contributed by atoms with E-state index in [-0.39, 0.29) is 18.2 Å². The third-order valence-electron chi connectivity index (χ3n) is 4.03. The molecule has 0 saturated carbocycles. The van der Waals surface area contributed by atoms with Crippen molar-refractivity contribution in [2.45, 2.75) is 13.3 Å². The fourth-order valence-corrected chi connectivity index (χ4v) is 2.69. The molecule has 3 aromatic carbocycles. The molecule has 3 aromatic rings. The van der Waals surface area contributed by atoms with E-state index < -0.39 is 0 Å². The Labute approximate surface area is 158 Å². The molecule has 0 bridgehead atoms. The Balaban J connectivity index is 1.65. The molecule has 0 aliphatic heterocycles. The first-order valence-corrected chi connectivity index (χ1v) is 8.62. The topological polar surface area (TPSA) is 84.2 Å². The van der Waals surface area contributed by atoms with E-state index in [2.05, 4.69) is 10.6 Å². The highest BCUT2D eigenvalue weighted by Crippen LogP contribution is 2.15. The Bertz CT molecular complexity index is 965. The number of carbonyl (C=O) groups is 2. The van der Waals surface area contributed by atoms with Crippen LogP contribution in [-0.4, -0.2) is 11.8 Å². The highest BCUT2D eigenvalue weighted by Gasteiger charge is 2.09. The molecule has 0 aromatic heterocycles. The quantitative estimate of drug-likeness (QED) is 0.602. The Morgan fingerprint density at radius 1 is 0.852 bits per heavy atom. The number of rotatable bonds is 5. The van der Waals surface area contributed by atoms with Gasteiger partial charge < -0.3 is 16.4 Å². The molecular formula is C22H21N3O2. The zero-order valence-corrected chi connectivity index (χ0v) is 15.0. The van der Waals surface area contributed by atoms with Crippen LogP contribution in [0.1, 0.15) is 21.5 Å². The summed E-state index contributed by atoms with van der Waals surface area (Å²) >= 11 is 0. The zero-order chi connectivity index (χ0) is 19.2. The summed E-state index contributed by atoms with van der Waals surface area (Å²) in [5.41, 5.74) is 10.0. The molecule has 0 radical (unpaired) electrons. The minimum atomic E-state index is -0.227. The van der Waals surface area contributed by atoms with E-state index in [0.29, 0.717) is 16.9 Å². The number of nitrogen functional groups attached to an aromatic ring is 1. The average Bonchev–Trinajstić information content (AvgIpc) is 2.64. The van der Waals surface area contributed by atoms with Gasteiger partial charge in [0.2, 0.25) is 5.91 Å². The minimum absolute atomic E-state index is 0.156. The maximum atomic E-state index is 12.5. The summed E-state index contributed by atoms with van der Waals surface area (Å²) in [5.74, 6) is -0.383. The van der Waals surface area contributed by atoms with Crippen molar-refractivity contribution in [3.8, 4) is 0 Å². The predicted molar refractivity (Wildman–Crippen MR) is 109 cm³/mol. The minimum Gasteiger partial charge on any atom is -0.399 e. The second kappa shape index (κ2) is 8.19. The average molecular weight is 359 g/mol. The predicted octanol–water partition coefficient (Wildman–Crippen LogP) is 4.01. The molecule has 0 heterocycles. The van der Waals surface area contributed by atoms with Gasteiger partial charge in [0, 0.05) is 22.6 Å². The Morgan fingerprint density at radius 2 is 1.52 bits per heavy atom. The summed E-state index contributed by atoms with van der Waals surface area (Å²) in [6.45, 7) is 1.97. The summed E-state index contributed by atoms with van der Waals surface area (Å²) in [6.07, 6.45) is 0.236. The van der Waals surface area contributed by atoms with Gasteiger partial charge >= 0.3 is 0 Å². The first-order valence-electron chi connectivity index (χ1n) is 8.62. The molecule has 5 heteroatoms. The van der Waals surface area contributed by atoms with Gasteiger partial charge in [0.25, 0.3) is 5.91 Å². The SMILES string of the molecule is Cc1cccc(NC(=O)c2cccc(NC(=O)Cc3ccc(N)cc3)c2)c1. The molecule has 0 atom stereocenters. The number of anilines is 3. The van der Waals surface area contributed by atoms with Crippen LogP contribution >= 0.6 is 0 Å². The standard InChI is InChI=1S/C22H21N3O2/c1-15-4-2-6-19(12-15)25-22(27)17-5-3-7-20(14-17)24-21(26)13-16-8-10-18(23)11-9-16/h2-12,14H,13,23H2,1H3,(H,24,26)(H,25,27). The van der Waals surface area contributed by atoms with Crippen molar-refractivity contribution in [3.63, 3.8) is 0 Å². The third-order valence-corrected chi connectivity index (χ3v) is 4.03. The van der Waals surface area contributed by atoms with E-state index in [4.69, 9.17) is 5.73 Å². The van der Waals surface area contributed by atoms with Gasteiger partial charge in [-0.2, -0.15) is 0 Å². The number of carbonyl (C=O) groups excluding carboxylic acids is 2. The smallest absolute Gasteiger partial charge is 0.255 e. The van der Waals surface area contributed by atoms with Crippen LogP contribution in [0.25, 0.3) is 0 Å². The molecule has 27 heavy (non-hydrogen) atoms. The van der Waals surface area contributed by atoms with Gasteiger partial charge in [-0.1, -0.05) is 30.3 Å². The van der Waals surface area contributed by atoms with Crippen LogP contribution in [0.15, 0.2) is 72.8 Å². The number of hydrogen-bond donors (Lipinski definition) is 3. The number of amides is 2. The van der Waals surface area contributed by atoms with E-state index in [1.165, 1.54) is 0 Å². The first kappa shape index (κ1) is 18.2. The molecule has 0 fully saturated rings. The maximum absolute atomic E-state index is 12.5. The van der Waals surface area contributed by atoms with Crippen LogP contribution in [0.3, 0.4) is 0 Å². The van der Waals surface area contributed by atoms with E-state index in [9.17, 15) is 9.59 Å². The number of benzene rings is 3. The molecule has 0 aliphatic carbocycles. The molecule has 5 nitrogen and oxygen atoms in total. The van der Waals surface area contributed by atoms with Crippen molar-refractivity contribution in [3.05, 3.63) is 89.5 Å². The molecule has 0 spiro atoms. The van der Waals surface area contributed by atoms with Crippen LogP contribution in [0.5, 0.6) is 0 Å². The first-order chi connectivity index (χ1) is 13.0. The van der Waals surface area contributed by atoms with Gasteiger partial charge in [0.15, 0.2) is 0 Å². The molecule has 2 amide bonds. The van der Waals surface area contributed by atoms with E-state index in [0.717, 1.165) is 16.8 Å². The van der Waals surface area contributed by atoms with E-state index in [1.807, 2.05) is 43.3 Å². The monoisotopic (exact) mass is 359 g/mol. The lowest BCUT2D eigenvalue weighted by molar-refractivity contribution is -0.115. The normalized spacial score (nSPS) is 10.3. The van der Waals surface area contributed by atoms with Gasteiger partial charge in [0.05, 0.1) is 6.42 Å². The van der Waals surface area contributed by atoms with Gasteiger partial charge in [-0.25, -0.2) is 0 Å². The summed E-state index contributed by atoms with van der Waals surface area (Å²) in [7, 11) is 0. The zero-order valence-electron chi connectivity index (χ0n) is 15.0. The number of aryl methyl sites for hydroxylation is 1. The van der Waals surface area contributed by atoms with Crippen molar-refractivity contribution in [2.75, 3.05) is 16.4 Å². The van der Waals surface area contributed by atoms with Crippen LogP contribution in [-0.2, 0) is 11.2 Å². The van der Waals surface area contributed by atoms with Gasteiger partial charge in [-0.15, -0.1) is 0 Å². The van der Waals surface area contributed by atoms with Crippen LogP contribution in [0.2, 0.25) is 0 Å². The highest BCUT2D eigenvalue weighted by atomic mass is 16.2. The number of hydrogen-bond acceptors (Lipinski definition) is 3. The largest absolute Gasteiger partial charge is 0.399 e. The maximum Gasteiger partial charge on any atom is 0.255 e.